The van der Waals surface area contributed by atoms with Gasteiger partial charge in [0, 0.05) is 15.7 Å². The lowest BCUT2D eigenvalue weighted by molar-refractivity contribution is 1.40. The molecule has 2 rings (SSSR count). The number of benzene rings is 2. The Kier molecular flexibility index (Phi) is 4.22. The number of anilines is 2. The van der Waals surface area contributed by atoms with Crippen LogP contribution in [0.3, 0.4) is 0 Å². The molecule has 0 spiro atoms. The summed E-state index contributed by atoms with van der Waals surface area (Å²) < 4.78 is 1.01. The lowest BCUT2D eigenvalue weighted by atomic mass is 10.1. The van der Waals surface area contributed by atoms with Crippen molar-refractivity contribution in [3.63, 3.8) is 0 Å². The molecule has 0 atom stereocenters. The molecule has 98 valence electrons. The minimum absolute atomic E-state index is 0.398. The topological polar surface area (TPSA) is 38.0 Å². The van der Waals surface area contributed by atoms with Gasteiger partial charge in [-0.2, -0.15) is 0 Å². The Hall–Kier alpha value is -1.39. The molecule has 0 unspecified atom stereocenters. The van der Waals surface area contributed by atoms with Gasteiger partial charge in [-0.05, 0) is 59.6 Å². The van der Waals surface area contributed by atoms with Crippen molar-refractivity contribution in [2.45, 2.75) is 13.8 Å². The van der Waals surface area contributed by atoms with Gasteiger partial charge in [0.05, 0.1) is 5.69 Å². The molecular weight excluding hydrogens is 320 g/mol. The van der Waals surface area contributed by atoms with Gasteiger partial charge in [-0.25, -0.2) is 0 Å². The minimum atomic E-state index is 0.398. The first-order chi connectivity index (χ1) is 8.97. The van der Waals surface area contributed by atoms with Gasteiger partial charge in [-0.3, -0.25) is 0 Å². The van der Waals surface area contributed by atoms with Crippen LogP contribution in [0.25, 0.3) is 0 Å². The molecule has 0 amide bonds. The van der Waals surface area contributed by atoms with E-state index in [1.165, 1.54) is 5.56 Å². The van der Waals surface area contributed by atoms with E-state index < -0.39 is 0 Å². The van der Waals surface area contributed by atoms with Crippen LogP contribution in [-0.2, 0) is 0 Å². The van der Waals surface area contributed by atoms with Crippen LogP contribution in [0.4, 0.5) is 11.4 Å². The van der Waals surface area contributed by atoms with E-state index in [1.807, 2.05) is 31.2 Å². The molecular formula is C15H15BrN2S. The maximum atomic E-state index is 5.78. The molecule has 0 aliphatic heterocycles. The summed E-state index contributed by atoms with van der Waals surface area (Å²) in [4.78, 5) is 0.398. The molecule has 0 aliphatic carbocycles. The van der Waals surface area contributed by atoms with E-state index in [9.17, 15) is 0 Å². The largest absolute Gasteiger partial charge is 0.389 e. The average Bonchev–Trinajstić information content (AvgIpc) is 2.35. The Balaban J connectivity index is 2.43. The van der Waals surface area contributed by atoms with Gasteiger partial charge >= 0.3 is 0 Å². The number of hydrogen-bond acceptors (Lipinski definition) is 2. The molecule has 2 nitrogen and oxygen atoms in total. The molecule has 0 heterocycles. The molecule has 2 aromatic rings. The summed E-state index contributed by atoms with van der Waals surface area (Å²) in [5.74, 6) is 0. The molecule has 19 heavy (non-hydrogen) atoms. The quantitative estimate of drug-likeness (QED) is 0.814. The molecule has 4 heteroatoms. The Bertz CT molecular complexity index is 638. The van der Waals surface area contributed by atoms with E-state index in [4.69, 9.17) is 18.0 Å². The van der Waals surface area contributed by atoms with Crippen LogP contribution in [0.5, 0.6) is 0 Å². The monoisotopic (exact) mass is 334 g/mol. The highest BCUT2D eigenvalue weighted by Gasteiger charge is 2.07. The van der Waals surface area contributed by atoms with Crippen molar-refractivity contribution in [1.82, 2.24) is 0 Å². The summed E-state index contributed by atoms with van der Waals surface area (Å²) in [6.07, 6.45) is 0. The Morgan fingerprint density at radius 3 is 2.37 bits per heavy atom. The van der Waals surface area contributed by atoms with Gasteiger partial charge in [0.15, 0.2) is 0 Å². The Morgan fingerprint density at radius 1 is 1.05 bits per heavy atom. The first-order valence-corrected chi connectivity index (χ1v) is 7.11. The zero-order chi connectivity index (χ0) is 14.0. The third-order valence-corrected chi connectivity index (χ3v) is 3.74. The zero-order valence-corrected chi connectivity index (χ0v) is 13.2. The fourth-order valence-corrected chi connectivity index (χ4v) is 2.37. The lowest BCUT2D eigenvalue weighted by Crippen LogP contribution is -2.12. The maximum Gasteiger partial charge on any atom is 0.106 e. The van der Waals surface area contributed by atoms with E-state index in [-0.39, 0.29) is 0 Å². The number of nitrogens with one attached hydrogen (secondary N) is 1. The summed E-state index contributed by atoms with van der Waals surface area (Å²) in [6.45, 7) is 4.08. The predicted octanol–water partition coefficient (Wildman–Crippen LogP) is 4.44. The summed E-state index contributed by atoms with van der Waals surface area (Å²) in [5.41, 5.74) is 10.9. The highest BCUT2D eigenvalue weighted by Crippen LogP contribution is 2.29. The number of nitrogens with two attached hydrogens (primary N) is 1. The standard InChI is InChI=1S/C15H15BrN2S/c1-9-4-6-13(11(7-9)15(17)19)18-14-8-10(2)3-5-12(14)16/h3-8,18H,1-2H3,(H2,17,19). The smallest absolute Gasteiger partial charge is 0.106 e. The number of rotatable bonds is 3. The molecule has 0 aliphatic rings. The van der Waals surface area contributed by atoms with Crippen molar-refractivity contribution in [3.05, 3.63) is 57.6 Å². The van der Waals surface area contributed by atoms with Gasteiger partial charge in [-0.1, -0.05) is 29.9 Å². The van der Waals surface area contributed by atoms with Crippen molar-refractivity contribution in [2.75, 3.05) is 5.32 Å². The van der Waals surface area contributed by atoms with Crippen molar-refractivity contribution >= 4 is 44.5 Å². The normalized spacial score (nSPS) is 10.3. The van der Waals surface area contributed by atoms with Crippen LogP contribution in [0.15, 0.2) is 40.9 Å². The number of aryl methyl sites for hydroxylation is 2. The third-order valence-electron chi connectivity index (χ3n) is 2.83. The van der Waals surface area contributed by atoms with Gasteiger partial charge in [-0.15, -0.1) is 0 Å². The van der Waals surface area contributed by atoms with Crippen LogP contribution in [0.2, 0.25) is 0 Å². The second-order valence-corrected chi connectivity index (χ2v) is 5.82. The first-order valence-electron chi connectivity index (χ1n) is 5.91. The van der Waals surface area contributed by atoms with E-state index in [2.05, 4.69) is 40.3 Å². The second kappa shape index (κ2) is 5.72. The van der Waals surface area contributed by atoms with E-state index in [0.717, 1.165) is 27.0 Å². The average molecular weight is 335 g/mol. The highest BCUT2D eigenvalue weighted by molar-refractivity contribution is 9.10. The fourth-order valence-electron chi connectivity index (χ4n) is 1.85. The second-order valence-electron chi connectivity index (χ2n) is 4.52. The zero-order valence-electron chi connectivity index (χ0n) is 10.8. The first kappa shape index (κ1) is 14.0. The Labute approximate surface area is 127 Å². The maximum absolute atomic E-state index is 5.78. The van der Waals surface area contributed by atoms with Crippen molar-refractivity contribution in [2.24, 2.45) is 5.73 Å². The van der Waals surface area contributed by atoms with E-state index >= 15 is 0 Å². The van der Waals surface area contributed by atoms with E-state index in [1.54, 1.807) is 0 Å². The molecule has 2 aromatic carbocycles. The van der Waals surface area contributed by atoms with Crippen molar-refractivity contribution in [3.8, 4) is 0 Å². The SMILES string of the molecule is Cc1ccc(Br)c(Nc2ccc(C)cc2C(N)=S)c1. The fraction of sp³-hybridized carbons (Fsp3) is 0.133. The van der Waals surface area contributed by atoms with Crippen LogP contribution in [-0.4, -0.2) is 4.99 Å². The summed E-state index contributed by atoms with van der Waals surface area (Å²) >= 11 is 8.65. The van der Waals surface area contributed by atoms with Crippen LogP contribution >= 0.6 is 28.1 Å². The molecule has 0 saturated carbocycles. The van der Waals surface area contributed by atoms with Crippen LogP contribution in [0.1, 0.15) is 16.7 Å². The molecule has 0 bridgehead atoms. The summed E-state index contributed by atoms with van der Waals surface area (Å²) in [5, 5.41) is 3.38. The summed E-state index contributed by atoms with van der Waals surface area (Å²) in [7, 11) is 0. The molecule has 3 N–H and O–H groups in total. The molecule has 0 aromatic heterocycles. The highest BCUT2D eigenvalue weighted by atomic mass is 79.9. The van der Waals surface area contributed by atoms with Crippen LogP contribution in [0, 0.1) is 13.8 Å². The molecule has 0 fully saturated rings. The van der Waals surface area contributed by atoms with Gasteiger partial charge in [0.2, 0.25) is 0 Å². The van der Waals surface area contributed by atoms with E-state index in [0.29, 0.717) is 4.99 Å². The van der Waals surface area contributed by atoms with Crippen molar-refractivity contribution in [1.29, 1.82) is 0 Å². The number of hydrogen-bond donors (Lipinski definition) is 2. The third kappa shape index (κ3) is 3.33. The van der Waals surface area contributed by atoms with Gasteiger partial charge < -0.3 is 11.1 Å². The minimum Gasteiger partial charge on any atom is -0.389 e. The summed E-state index contributed by atoms with van der Waals surface area (Å²) in [6, 6.07) is 12.2. The molecule has 0 saturated heterocycles. The molecule has 0 radical (unpaired) electrons. The lowest BCUT2D eigenvalue weighted by Gasteiger charge is -2.14. The van der Waals surface area contributed by atoms with Crippen molar-refractivity contribution < 1.29 is 0 Å². The predicted molar refractivity (Wildman–Crippen MR) is 89.2 cm³/mol. The van der Waals surface area contributed by atoms with Crippen LogP contribution < -0.4 is 11.1 Å². The Morgan fingerprint density at radius 2 is 1.68 bits per heavy atom. The number of thiocarbonyl (C=S) groups is 1. The van der Waals surface area contributed by atoms with Gasteiger partial charge in [0.25, 0.3) is 0 Å². The van der Waals surface area contributed by atoms with Gasteiger partial charge in [0.1, 0.15) is 4.99 Å². The number of halogens is 1.